The van der Waals surface area contributed by atoms with Gasteiger partial charge in [0.2, 0.25) is 5.89 Å². The van der Waals surface area contributed by atoms with Crippen molar-refractivity contribution in [2.75, 3.05) is 0 Å². The molecule has 2 rings (SSSR count). The van der Waals surface area contributed by atoms with E-state index < -0.39 is 5.97 Å². The number of carboxylic acids is 1. The van der Waals surface area contributed by atoms with Gasteiger partial charge in [-0.05, 0) is 6.92 Å². The van der Waals surface area contributed by atoms with Gasteiger partial charge in [-0.25, -0.2) is 9.78 Å². The number of rotatable bonds is 2. The number of aromatic carboxylic acids is 1. The maximum absolute atomic E-state index is 10.9. The normalized spacial score (nSPS) is 10.5. The third-order valence-corrected chi connectivity index (χ3v) is 2.03. The van der Waals surface area contributed by atoms with E-state index in [9.17, 15) is 4.79 Å². The Bertz CT molecular complexity index is 517. The molecule has 0 radical (unpaired) electrons. The van der Waals surface area contributed by atoms with Crippen LogP contribution in [0.5, 0.6) is 0 Å². The molecule has 0 saturated heterocycles. The third kappa shape index (κ3) is 1.59. The largest absolute Gasteiger partial charge is 0.477 e. The van der Waals surface area contributed by atoms with Crippen LogP contribution in [-0.4, -0.2) is 26.3 Å². The molecule has 0 amide bonds. The number of halogens is 1. The molecule has 2 heterocycles. The number of aromatic nitrogens is 3. The Hall–Kier alpha value is -1.82. The fraction of sp³-hybridized carbons (Fsp3) is 0.125. The quantitative estimate of drug-likeness (QED) is 0.815. The zero-order chi connectivity index (χ0) is 11.0. The molecule has 0 saturated carbocycles. The van der Waals surface area contributed by atoms with E-state index in [0.717, 1.165) is 0 Å². The molecule has 2 aromatic rings. The average Bonchev–Trinajstić information content (AvgIpc) is 2.71. The van der Waals surface area contributed by atoms with Crippen LogP contribution in [-0.2, 0) is 0 Å². The second-order valence-corrected chi connectivity index (χ2v) is 3.24. The van der Waals surface area contributed by atoms with Gasteiger partial charge in [0.1, 0.15) is 17.0 Å². The SMILES string of the molecule is Cc1coc(-c2n[nH]c(Cl)c2C(=O)O)n1. The molecular weight excluding hydrogens is 222 g/mol. The van der Waals surface area contributed by atoms with Gasteiger partial charge < -0.3 is 9.52 Å². The minimum absolute atomic E-state index is 0.0478. The van der Waals surface area contributed by atoms with Crippen molar-refractivity contribution in [1.29, 1.82) is 0 Å². The molecule has 0 aromatic carbocycles. The van der Waals surface area contributed by atoms with Crippen molar-refractivity contribution in [3.63, 3.8) is 0 Å². The van der Waals surface area contributed by atoms with Gasteiger partial charge in [0.15, 0.2) is 5.69 Å². The smallest absolute Gasteiger partial charge is 0.341 e. The fourth-order valence-corrected chi connectivity index (χ4v) is 1.35. The minimum atomic E-state index is -1.18. The predicted octanol–water partition coefficient (Wildman–Crippen LogP) is 1.72. The maximum Gasteiger partial charge on any atom is 0.341 e. The van der Waals surface area contributed by atoms with Crippen molar-refractivity contribution < 1.29 is 14.3 Å². The summed E-state index contributed by atoms with van der Waals surface area (Å²) in [6.45, 7) is 1.72. The van der Waals surface area contributed by atoms with Gasteiger partial charge in [-0.3, -0.25) is 5.10 Å². The van der Waals surface area contributed by atoms with Crippen molar-refractivity contribution in [2.24, 2.45) is 0 Å². The summed E-state index contributed by atoms with van der Waals surface area (Å²) in [4.78, 5) is 14.8. The van der Waals surface area contributed by atoms with Gasteiger partial charge in [0, 0.05) is 0 Å². The summed E-state index contributed by atoms with van der Waals surface area (Å²) in [5.74, 6) is -1.05. The van der Waals surface area contributed by atoms with Crippen molar-refractivity contribution in [3.05, 3.63) is 22.7 Å². The molecule has 0 unspecified atom stereocenters. The number of carbonyl (C=O) groups is 1. The van der Waals surface area contributed by atoms with Crippen LogP contribution in [0.2, 0.25) is 5.15 Å². The Morgan fingerprint density at radius 1 is 1.67 bits per heavy atom. The third-order valence-electron chi connectivity index (χ3n) is 1.76. The van der Waals surface area contributed by atoms with Gasteiger partial charge in [0.25, 0.3) is 0 Å². The summed E-state index contributed by atoms with van der Waals surface area (Å²) in [5.41, 5.74) is 0.597. The predicted molar refractivity (Wildman–Crippen MR) is 50.8 cm³/mol. The van der Waals surface area contributed by atoms with E-state index in [-0.39, 0.29) is 22.3 Å². The Morgan fingerprint density at radius 2 is 2.40 bits per heavy atom. The van der Waals surface area contributed by atoms with E-state index in [2.05, 4.69) is 15.2 Å². The molecule has 0 atom stereocenters. The number of oxazole rings is 1. The Morgan fingerprint density at radius 3 is 2.93 bits per heavy atom. The monoisotopic (exact) mass is 227 g/mol. The lowest BCUT2D eigenvalue weighted by molar-refractivity contribution is 0.0697. The first-order chi connectivity index (χ1) is 7.09. The molecule has 0 fully saturated rings. The van der Waals surface area contributed by atoms with Crippen LogP contribution < -0.4 is 0 Å². The Kier molecular flexibility index (Phi) is 2.20. The Balaban J connectivity index is 2.58. The van der Waals surface area contributed by atoms with Crippen molar-refractivity contribution in [2.45, 2.75) is 6.92 Å². The minimum Gasteiger partial charge on any atom is -0.477 e. The van der Waals surface area contributed by atoms with Crippen LogP contribution in [0.15, 0.2) is 10.7 Å². The topological polar surface area (TPSA) is 92.0 Å². The molecule has 0 aliphatic rings. The van der Waals surface area contributed by atoms with Crippen LogP contribution in [0, 0.1) is 6.92 Å². The number of hydrogen-bond donors (Lipinski definition) is 2. The van der Waals surface area contributed by atoms with Gasteiger partial charge >= 0.3 is 5.97 Å². The first-order valence-electron chi connectivity index (χ1n) is 3.99. The summed E-state index contributed by atoms with van der Waals surface area (Å²) in [6.07, 6.45) is 1.41. The lowest BCUT2D eigenvalue weighted by Gasteiger charge is -1.91. The van der Waals surface area contributed by atoms with Gasteiger partial charge in [-0.1, -0.05) is 11.6 Å². The number of nitrogens with one attached hydrogen (secondary N) is 1. The van der Waals surface area contributed by atoms with Gasteiger partial charge in [0.05, 0.1) is 5.69 Å². The van der Waals surface area contributed by atoms with Crippen molar-refractivity contribution in [3.8, 4) is 11.6 Å². The standard InChI is InChI=1S/C8H6ClN3O3/c1-3-2-15-7(10-3)5-4(8(13)14)6(9)12-11-5/h2H,1H3,(H,11,12)(H,13,14). The van der Waals surface area contributed by atoms with Crippen LogP contribution in [0.25, 0.3) is 11.6 Å². The van der Waals surface area contributed by atoms with E-state index in [4.69, 9.17) is 21.1 Å². The van der Waals surface area contributed by atoms with E-state index in [1.807, 2.05) is 0 Å². The van der Waals surface area contributed by atoms with Crippen LogP contribution >= 0.6 is 11.6 Å². The summed E-state index contributed by atoms with van der Waals surface area (Å²) in [6, 6.07) is 0. The first kappa shape index (κ1) is 9.72. The van der Waals surface area contributed by atoms with E-state index in [1.54, 1.807) is 6.92 Å². The first-order valence-corrected chi connectivity index (χ1v) is 4.37. The number of H-pyrrole nitrogens is 1. The number of aryl methyl sites for hydroxylation is 1. The zero-order valence-electron chi connectivity index (χ0n) is 7.61. The van der Waals surface area contributed by atoms with Crippen molar-refractivity contribution in [1.82, 2.24) is 15.2 Å². The number of nitrogens with zero attached hydrogens (tertiary/aromatic N) is 2. The molecule has 78 valence electrons. The number of carboxylic acid groups (broad SMARTS) is 1. The second kappa shape index (κ2) is 3.39. The molecule has 0 spiro atoms. The molecule has 2 aromatic heterocycles. The molecule has 15 heavy (non-hydrogen) atoms. The summed E-state index contributed by atoms with van der Waals surface area (Å²) in [7, 11) is 0. The van der Waals surface area contributed by atoms with E-state index in [1.165, 1.54) is 6.26 Å². The molecule has 0 aliphatic carbocycles. The number of aromatic amines is 1. The lowest BCUT2D eigenvalue weighted by atomic mass is 10.2. The number of hydrogen-bond acceptors (Lipinski definition) is 4. The molecule has 0 aliphatic heterocycles. The summed E-state index contributed by atoms with van der Waals surface area (Å²) >= 11 is 5.63. The molecule has 7 heteroatoms. The summed E-state index contributed by atoms with van der Waals surface area (Å²) in [5, 5.41) is 14.9. The van der Waals surface area contributed by atoms with Gasteiger partial charge in [-0.15, -0.1) is 0 Å². The highest BCUT2D eigenvalue weighted by atomic mass is 35.5. The van der Waals surface area contributed by atoms with E-state index >= 15 is 0 Å². The average molecular weight is 228 g/mol. The highest BCUT2D eigenvalue weighted by Crippen LogP contribution is 2.25. The highest BCUT2D eigenvalue weighted by molar-refractivity contribution is 6.33. The molecule has 6 nitrogen and oxygen atoms in total. The van der Waals surface area contributed by atoms with Crippen molar-refractivity contribution >= 4 is 17.6 Å². The summed E-state index contributed by atoms with van der Waals surface area (Å²) < 4.78 is 5.04. The molecule has 0 bridgehead atoms. The molecular formula is C8H6ClN3O3. The van der Waals surface area contributed by atoms with Gasteiger partial charge in [-0.2, -0.15) is 5.10 Å². The van der Waals surface area contributed by atoms with Crippen LogP contribution in [0.1, 0.15) is 16.1 Å². The fourth-order valence-electron chi connectivity index (χ4n) is 1.13. The van der Waals surface area contributed by atoms with Crippen LogP contribution in [0.4, 0.5) is 0 Å². The van der Waals surface area contributed by atoms with E-state index in [0.29, 0.717) is 5.69 Å². The second-order valence-electron chi connectivity index (χ2n) is 2.86. The highest BCUT2D eigenvalue weighted by Gasteiger charge is 2.22. The van der Waals surface area contributed by atoms with Crippen LogP contribution in [0.3, 0.4) is 0 Å². The maximum atomic E-state index is 10.9. The zero-order valence-corrected chi connectivity index (χ0v) is 8.37. The lowest BCUT2D eigenvalue weighted by Crippen LogP contribution is -1.98. The Labute approximate surface area is 88.9 Å². The molecule has 2 N–H and O–H groups in total.